The number of ether oxygens (including phenoxy) is 1. The van der Waals surface area contributed by atoms with E-state index in [1.807, 2.05) is 26.0 Å². The molecule has 18 heavy (non-hydrogen) atoms. The fraction of sp³-hybridized carbons (Fsp3) is 0.467. The minimum Gasteiger partial charge on any atom is -0.496 e. The van der Waals surface area contributed by atoms with E-state index in [4.69, 9.17) is 4.74 Å². The fourth-order valence-electron chi connectivity index (χ4n) is 1.81. The molecule has 0 saturated heterocycles. The van der Waals surface area contributed by atoms with E-state index in [0.717, 1.165) is 11.1 Å². The SMILES string of the molecule is COc1cc(C)c(C)cc1C(=O)CCCC(C)=O. The molecule has 0 aliphatic carbocycles. The van der Waals surface area contributed by atoms with Gasteiger partial charge in [0.1, 0.15) is 11.5 Å². The maximum atomic E-state index is 12.1. The number of rotatable bonds is 6. The van der Waals surface area contributed by atoms with Crippen molar-refractivity contribution in [3.05, 3.63) is 28.8 Å². The minimum atomic E-state index is 0.0381. The van der Waals surface area contributed by atoms with Gasteiger partial charge in [-0.2, -0.15) is 0 Å². The van der Waals surface area contributed by atoms with Gasteiger partial charge in [-0.15, -0.1) is 0 Å². The van der Waals surface area contributed by atoms with E-state index >= 15 is 0 Å². The number of carbonyl (C=O) groups is 2. The van der Waals surface area contributed by atoms with Crippen LogP contribution in [0.4, 0.5) is 0 Å². The van der Waals surface area contributed by atoms with Crippen molar-refractivity contribution < 1.29 is 14.3 Å². The first kappa shape index (κ1) is 14.4. The lowest BCUT2D eigenvalue weighted by Gasteiger charge is -2.10. The highest BCUT2D eigenvalue weighted by atomic mass is 16.5. The molecular weight excluding hydrogens is 228 g/mol. The largest absolute Gasteiger partial charge is 0.496 e. The molecule has 0 aliphatic rings. The molecule has 0 bridgehead atoms. The van der Waals surface area contributed by atoms with Crippen molar-refractivity contribution in [3.8, 4) is 5.75 Å². The summed E-state index contributed by atoms with van der Waals surface area (Å²) in [6, 6.07) is 3.75. The van der Waals surface area contributed by atoms with Crippen LogP contribution in [0.2, 0.25) is 0 Å². The molecule has 1 aromatic rings. The molecule has 0 aliphatic heterocycles. The quantitative estimate of drug-likeness (QED) is 0.726. The number of benzene rings is 1. The molecule has 3 heteroatoms. The monoisotopic (exact) mass is 248 g/mol. The van der Waals surface area contributed by atoms with Crippen LogP contribution in [-0.2, 0) is 4.79 Å². The van der Waals surface area contributed by atoms with Gasteiger partial charge in [0.25, 0.3) is 0 Å². The summed E-state index contributed by atoms with van der Waals surface area (Å²) in [6.45, 7) is 5.50. The Morgan fingerprint density at radius 1 is 1.11 bits per heavy atom. The lowest BCUT2D eigenvalue weighted by Crippen LogP contribution is -2.04. The van der Waals surface area contributed by atoms with Crippen molar-refractivity contribution in [1.82, 2.24) is 0 Å². The number of hydrogen-bond acceptors (Lipinski definition) is 3. The van der Waals surface area contributed by atoms with E-state index in [-0.39, 0.29) is 11.6 Å². The summed E-state index contributed by atoms with van der Waals surface area (Å²) in [7, 11) is 1.57. The van der Waals surface area contributed by atoms with Crippen molar-refractivity contribution in [1.29, 1.82) is 0 Å². The summed E-state index contributed by atoms with van der Waals surface area (Å²) in [5, 5.41) is 0. The third kappa shape index (κ3) is 3.69. The third-order valence-electron chi connectivity index (χ3n) is 3.05. The Balaban J connectivity index is 2.84. The predicted octanol–water partition coefficient (Wildman–Crippen LogP) is 3.25. The van der Waals surface area contributed by atoms with Crippen molar-refractivity contribution in [3.63, 3.8) is 0 Å². The second-order valence-corrected chi connectivity index (χ2v) is 4.62. The summed E-state index contributed by atoms with van der Waals surface area (Å²) in [6.07, 6.45) is 1.45. The summed E-state index contributed by atoms with van der Waals surface area (Å²) in [4.78, 5) is 22.9. The predicted molar refractivity (Wildman–Crippen MR) is 71.3 cm³/mol. The van der Waals surface area contributed by atoms with Gasteiger partial charge in [0, 0.05) is 12.8 Å². The van der Waals surface area contributed by atoms with Crippen LogP contribution in [0.25, 0.3) is 0 Å². The molecule has 0 N–H and O–H groups in total. The first-order valence-electron chi connectivity index (χ1n) is 6.13. The summed E-state index contributed by atoms with van der Waals surface area (Å²) in [5.74, 6) is 0.775. The number of Topliss-reactive ketones (excluding diaryl/α,β-unsaturated/α-hetero) is 2. The molecule has 0 heterocycles. The van der Waals surface area contributed by atoms with E-state index in [0.29, 0.717) is 30.6 Å². The highest BCUT2D eigenvalue weighted by Gasteiger charge is 2.13. The topological polar surface area (TPSA) is 43.4 Å². The van der Waals surface area contributed by atoms with Crippen LogP contribution < -0.4 is 4.74 Å². The maximum Gasteiger partial charge on any atom is 0.166 e. The molecule has 0 fully saturated rings. The Hall–Kier alpha value is -1.64. The molecule has 0 unspecified atom stereocenters. The maximum absolute atomic E-state index is 12.1. The van der Waals surface area contributed by atoms with Crippen LogP contribution in [0, 0.1) is 13.8 Å². The first-order chi connectivity index (χ1) is 8.45. The lowest BCUT2D eigenvalue weighted by molar-refractivity contribution is -0.117. The summed E-state index contributed by atoms with van der Waals surface area (Å²) in [5.41, 5.74) is 2.79. The van der Waals surface area contributed by atoms with Crippen LogP contribution >= 0.6 is 0 Å². The van der Waals surface area contributed by atoms with Gasteiger partial charge in [0.15, 0.2) is 5.78 Å². The second-order valence-electron chi connectivity index (χ2n) is 4.62. The standard InChI is InChI=1S/C15H20O3/c1-10-8-13(15(18-4)9-11(10)2)14(17)7-5-6-12(3)16/h8-9H,5-7H2,1-4H3. The molecule has 0 aromatic heterocycles. The van der Waals surface area contributed by atoms with E-state index in [1.165, 1.54) is 0 Å². The van der Waals surface area contributed by atoms with E-state index in [2.05, 4.69) is 0 Å². The highest BCUT2D eigenvalue weighted by molar-refractivity contribution is 5.99. The van der Waals surface area contributed by atoms with Crippen LogP contribution in [0.3, 0.4) is 0 Å². The molecule has 0 radical (unpaired) electrons. The smallest absolute Gasteiger partial charge is 0.166 e. The Bertz CT molecular complexity index is 461. The molecule has 3 nitrogen and oxygen atoms in total. The van der Waals surface area contributed by atoms with Crippen LogP contribution in [0.15, 0.2) is 12.1 Å². The molecular formula is C15H20O3. The Morgan fingerprint density at radius 2 is 1.72 bits per heavy atom. The fourth-order valence-corrected chi connectivity index (χ4v) is 1.81. The van der Waals surface area contributed by atoms with Gasteiger partial charge >= 0.3 is 0 Å². The molecule has 1 rings (SSSR count). The number of carbonyl (C=O) groups excluding carboxylic acids is 2. The Kier molecular flexibility index (Phi) is 5.08. The summed E-state index contributed by atoms with van der Waals surface area (Å²) >= 11 is 0. The van der Waals surface area contributed by atoms with Crippen molar-refractivity contribution in [2.75, 3.05) is 7.11 Å². The molecule has 1 aromatic carbocycles. The van der Waals surface area contributed by atoms with Crippen molar-refractivity contribution >= 4 is 11.6 Å². The number of hydrogen-bond donors (Lipinski definition) is 0. The number of methoxy groups -OCH3 is 1. The Labute approximate surface area is 108 Å². The molecule has 0 spiro atoms. The Morgan fingerprint density at radius 3 is 2.28 bits per heavy atom. The molecule has 98 valence electrons. The number of ketones is 2. The number of aryl methyl sites for hydroxylation is 2. The van der Waals surface area contributed by atoms with E-state index in [1.54, 1.807) is 14.0 Å². The molecule has 0 saturated carbocycles. The zero-order valence-electron chi connectivity index (χ0n) is 11.5. The van der Waals surface area contributed by atoms with Gasteiger partial charge < -0.3 is 9.53 Å². The van der Waals surface area contributed by atoms with Crippen LogP contribution in [0.1, 0.15) is 47.7 Å². The van der Waals surface area contributed by atoms with Crippen LogP contribution in [0.5, 0.6) is 5.75 Å². The second kappa shape index (κ2) is 6.34. The zero-order valence-corrected chi connectivity index (χ0v) is 11.5. The third-order valence-corrected chi connectivity index (χ3v) is 3.05. The van der Waals surface area contributed by atoms with Crippen molar-refractivity contribution in [2.45, 2.75) is 40.0 Å². The van der Waals surface area contributed by atoms with E-state index < -0.39 is 0 Å². The average Bonchev–Trinajstić information content (AvgIpc) is 2.31. The van der Waals surface area contributed by atoms with E-state index in [9.17, 15) is 9.59 Å². The van der Waals surface area contributed by atoms with Gasteiger partial charge in [-0.05, 0) is 50.5 Å². The molecule has 0 atom stereocenters. The average molecular weight is 248 g/mol. The lowest BCUT2D eigenvalue weighted by atomic mass is 9.99. The van der Waals surface area contributed by atoms with Crippen LogP contribution in [-0.4, -0.2) is 18.7 Å². The highest BCUT2D eigenvalue weighted by Crippen LogP contribution is 2.24. The first-order valence-corrected chi connectivity index (χ1v) is 6.13. The van der Waals surface area contributed by atoms with Gasteiger partial charge in [-0.25, -0.2) is 0 Å². The van der Waals surface area contributed by atoms with Gasteiger partial charge in [0.2, 0.25) is 0 Å². The van der Waals surface area contributed by atoms with Gasteiger partial charge in [-0.3, -0.25) is 4.79 Å². The molecule has 0 amide bonds. The van der Waals surface area contributed by atoms with Gasteiger partial charge in [-0.1, -0.05) is 0 Å². The van der Waals surface area contributed by atoms with Crippen molar-refractivity contribution in [2.24, 2.45) is 0 Å². The summed E-state index contributed by atoms with van der Waals surface area (Å²) < 4.78 is 5.24. The normalized spacial score (nSPS) is 10.2. The van der Waals surface area contributed by atoms with Gasteiger partial charge in [0.05, 0.1) is 12.7 Å². The zero-order chi connectivity index (χ0) is 13.7. The minimum absolute atomic E-state index is 0.0381.